The molecule has 4 rings (SSSR count). The number of amides is 2. The third-order valence-electron chi connectivity index (χ3n) is 5.71. The van der Waals surface area contributed by atoms with Crippen molar-refractivity contribution < 1.29 is 9.59 Å². The van der Waals surface area contributed by atoms with E-state index in [1.54, 1.807) is 14.1 Å². The standard InChI is InChI=1S/C26H24N2O2/c1-27-25(29)23(21-15-7-11-17-9-3-5-13-19(17)21)24(26(30)28-2)22-16-8-12-18-10-4-6-14-20(18)22/h3-16,23-24H,1-2H3,(H,27,29)(H,28,30). The Morgan fingerprint density at radius 3 is 1.33 bits per heavy atom. The predicted molar refractivity (Wildman–Crippen MR) is 122 cm³/mol. The average molecular weight is 396 g/mol. The molecule has 2 N–H and O–H groups in total. The number of carbonyl (C=O) groups excluding carboxylic acids is 2. The molecule has 2 amide bonds. The second-order valence-corrected chi connectivity index (χ2v) is 7.32. The highest BCUT2D eigenvalue weighted by Crippen LogP contribution is 2.39. The van der Waals surface area contributed by atoms with Crippen LogP contribution in [-0.2, 0) is 9.59 Å². The summed E-state index contributed by atoms with van der Waals surface area (Å²) in [6.07, 6.45) is 0. The van der Waals surface area contributed by atoms with Gasteiger partial charge < -0.3 is 10.6 Å². The van der Waals surface area contributed by atoms with Crippen LogP contribution < -0.4 is 10.6 Å². The minimum absolute atomic E-state index is 0.187. The maximum absolute atomic E-state index is 13.2. The first-order chi connectivity index (χ1) is 14.7. The fourth-order valence-corrected chi connectivity index (χ4v) is 4.30. The number of carbonyl (C=O) groups is 2. The molecule has 0 aliphatic heterocycles. The molecule has 30 heavy (non-hydrogen) atoms. The minimum atomic E-state index is -0.674. The summed E-state index contributed by atoms with van der Waals surface area (Å²) in [6, 6.07) is 27.7. The zero-order valence-corrected chi connectivity index (χ0v) is 17.1. The molecule has 0 saturated heterocycles. The van der Waals surface area contributed by atoms with Crippen molar-refractivity contribution in [2.45, 2.75) is 11.8 Å². The quantitative estimate of drug-likeness (QED) is 0.527. The lowest BCUT2D eigenvalue weighted by molar-refractivity contribution is -0.128. The van der Waals surface area contributed by atoms with Crippen molar-refractivity contribution in [3.63, 3.8) is 0 Å². The van der Waals surface area contributed by atoms with Gasteiger partial charge in [0.25, 0.3) is 0 Å². The van der Waals surface area contributed by atoms with Crippen LogP contribution in [0.25, 0.3) is 21.5 Å². The fourth-order valence-electron chi connectivity index (χ4n) is 4.30. The van der Waals surface area contributed by atoms with Crippen LogP contribution in [0, 0.1) is 0 Å². The van der Waals surface area contributed by atoms with Gasteiger partial charge in [-0.15, -0.1) is 0 Å². The third-order valence-corrected chi connectivity index (χ3v) is 5.71. The monoisotopic (exact) mass is 396 g/mol. The van der Waals surface area contributed by atoms with E-state index in [1.165, 1.54) is 0 Å². The largest absolute Gasteiger partial charge is 0.359 e. The molecule has 0 aliphatic rings. The van der Waals surface area contributed by atoms with E-state index >= 15 is 0 Å². The maximum Gasteiger partial charge on any atom is 0.228 e. The SMILES string of the molecule is CNC(=O)C(c1cccc2ccccc12)C(C(=O)NC)c1cccc2ccccc12. The van der Waals surface area contributed by atoms with Gasteiger partial charge >= 0.3 is 0 Å². The molecule has 0 saturated carbocycles. The Kier molecular flexibility index (Phi) is 5.48. The smallest absolute Gasteiger partial charge is 0.228 e. The van der Waals surface area contributed by atoms with Gasteiger partial charge in [0.1, 0.15) is 0 Å². The molecule has 0 fully saturated rings. The van der Waals surface area contributed by atoms with Gasteiger partial charge in [-0.05, 0) is 32.7 Å². The molecular weight excluding hydrogens is 372 g/mol. The van der Waals surface area contributed by atoms with Crippen molar-refractivity contribution in [3.8, 4) is 0 Å². The lowest BCUT2D eigenvalue weighted by Gasteiger charge is -2.27. The second kappa shape index (κ2) is 8.37. The van der Waals surface area contributed by atoms with E-state index in [9.17, 15) is 9.59 Å². The Morgan fingerprint density at radius 2 is 0.933 bits per heavy atom. The van der Waals surface area contributed by atoms with E-state index in [2.05, 4.69) is 10.6 Å². The number of rotatable bonds is 5. The summed E-state index contributed by atoms with van der Waals surface area (Å²) in [5.41, 5.74) is 1.68. The van der Waals surface area contributed by atoms with E-state index in [-0.39, 0.29) is 11.8 Å². The molecule has 4 nitrogen and oxygen atoms in total. The molecule has 4 aromatic carbocycles. The first-order valence-corrected chi connectivity index (χ1v) is 10.0. The normalized spacial score (nSPS) is 13.0. The van der Waals surface area contributed by atoms with Crippen LogP contribution in [0.5, 0.6) is 0 Å². The second-order valence-electron chi connectivity index (χ2n) is 7.32. The Balaban J connectivity index is 2.01. The summed E-state index contributed by atoms with van der Waals surface area (Å²) in [7, 11) is 3.23. The van der Waals surface area contributed by atoms with E-state index < -0.39 is 11.8 Å². The Morgan fingerprint density at radius 1 is 0.567 bits per heavy atom. The van der Waals surface area contributed by atoms with Crippen molar-refractivity contribution in [2.24, 2.45) is 0 Å². The zero-order valence-electron chi connectivity index (χ0n) is 17.1. The van der Waals surface area contributed by atoms with Crippen molar-refractivity contribution >= 4 is 33.4 Å². The highest BCUT2D eigenvalue weighted by Gasteiger charge is 2.37. The molecule has 2 unspecified atom stereocenters. The van der Waals surface area contributed by atoms with Gasteiger partial charge in [-0.2, -0.15) is 0 Å². The highest BCUT2D eigenvalue weighted by atomic mass is 16.2. The molecule has 2 atom stereocenters. The van der Waals surface area contributed by atoms with Gasteiger partial charge in [-0.25, -0.2) is 0 Å². The van der Waals surface area contributed by atoms with Crippen LogP contribution in [0.4, 0.5) is 0 Å². The van der Waals surface area contributed by atoms with E-state index in [0.717, 1.165) is 32.7 Å². The highest BCUT2D eigenvalue weighted by molar-refractivity contribution is 6.01. The number of fused-ring (bicyclic) bond motifs is 2. The Hall–Kier alpha value is -3.66. The molecule has 0 aromatic heterocycles. The Labute approximate surface area is 175 Å². The predicted octanol–water partition coefficient (Wildman–Crippen LogP) is 4.35. The Bertz CT molecular complexity index is 1120. The average Bonchev–Trinajstić information content (AvgIpc) is 2.81. The molecule has 4 aromatic rings. The number of hydrogen-bond acceptors (Lipinski definition) is 2. The first-order valence-electron chi connectivity index (χ1n) is 10.0. The van der Waals surface area contributed by atoms with Crippen molar-refractivity contribution in [1.82, 2.24) is 10.6 Å². The number of nitrogens with one attached hydrogen (secondary N) is 2. The maximum atomic E-state index is 13.2. The summed E-state index contributed by atoms with van der Waals surface area (Å²) in [5.74, 6) is -1.72. The van der Waals surface area contributed by atoms with Crippen LogP contribution in [0.3, 0.4) is 0 Å². The molecule has 150 valence electrons. The molecule has 4 heteroatoms. The topological polar surface area (TPSA) is 58.2 Å². The number of benzene rings is 4. The summed E-state index contributed by atoms with van der Waals surface area (Å²) >= 11 is 0. The molecular formula is C26H24N2O2. The van der Waals surface area contributed by atoms with Crippen LogP contribution in [0.15, 0.2) is 84.9 Å². The van der Waals surface area contributed by atoms with Gasteiger partial charge in [-0.3, -0.25) is 9.59 Å². The van der Waals surface area contributed by atoms with Crippen LogP contribution in [0.2, 0.25) is 0 Å². The van der Waals surface area contributed by atoms with Gasteiger partial charge in [0.05, 0.1) is 11.8 Å². The van der Waals surface area contributed by atoms with Crippen molar-refractivity contribution in [1.29, 1.82) is 0 Å². The third kappa shape index (κ3) is 3.41. The first kappa shape index (κ1) is 19.6. The van der Waals surface area contributed by atoms with Crippen LogP contribution >= 0.6 is 0 Å². The van der Waals surface area contributed by atoms with Crippen molar-refractivity contribution in [2.75, 3.05) is 14.1 Å². The fraction of sp³-hybridized carbons (Fsp3) is 0.154. The van der Waals surface area contributed by atoms with Crippen LogP contribution in [0.1, 0.15) is 23.0 Å². The van der Waals surface area contributed by atoms with Gasteiger partial charge in [0, 0.05) is 14.1 Å². The van der Waals surface area contributed by atoms with Crippen LogP contribution in [-0.4, -0.2) is 25.9 Å². The van der Waals surface area contributed by atoms with E-state index in [4.69, 9.17) is 0 Å². The lowest BCUT2D eigenvalue weighted by Crippen LogP contribution is -2.37. The zero-order chi connectivity index (χ0) is 21.1. The number of likely N-dealkylation sites (N-methyl/N-ethyl adjacent to an activating group) is 2. The summed E-state index contributed by atoms with van der Waals surface area (Å²) in [6.45, 7) is 0. The molecule has 0 spiro atoms. The molecule has 0 aliphatic carbocycles. The van der Waals surface area contributed by atoms with Gasteiger partial charge in [-0.1, -0.05) is 84.9 Å². The van der Waals surface area contributed by atoms with E-state index in [1.807, 2.05) is 84.9 Å². The van der Waals surface area contributed by atoms with Gasteiger partial charge in [0.15, 0.2) is 0 Å². The summed E-state index contributed by atoms with van der Waals surface area (Å²) in [4.78, 5) is 26.5. The van der Waals surface area contributed by atoms with Crippen molar-refractivity contribution in [3.05, 3.63) is 96.1 Å². The molecule has 0 heterocycles. The molecule has 0 radical (unpaired) electrons. The van der Waals surface area contributed by atoms with E-state index in [0.29, 0.717) is 0 Å². The summed E-state index contributed by atoms with van der Waals surface area (Å²) in [5, 5.41) is 9.60. The summed E-state index contributed by atoms with van der Waals surface area (Å²) < 4.78 is 0. The minimum Gasteiger partial charge on any atom is -0.359 e. The molecule has 0 bridgehead atoms. The lowest BCUT2D eigenvalue weighted by atomic mass is 9.77. The van der Waals surface area contributed by atoms with Gasteiger partial charge in [0.2, 0.25) is 11.8 Å². The number of hydrogen-bond donors (Lipinski definition) is 2.